The molecule has 1 fully saturated rings. The molecule has 4 nitrogen and oxygen atoms in total. The van der Waals surface area contributed by atoms with Gasteiger partial charge in [0.05, 0.1) is 17.6 Å². The van der Waals surface area contributed by atoms with Crippen molar-refractivity contribution in [3.8, 4) is 0 Å². The fourth-order valence-corrected chi connectivity index (χ4v) is 5.89. The van der Waals surface area contributed by atoms with Crippen molar-refractivity contribution < 1.29 is 4.79 Å². The lowest BCUT2D eigenvalue weighted by atomic mass is 9.51. The molecule has 3 atom stereocenters. The third kappa shape index (κ3) is 2.54. The number of carbonyl (C=O) groups excluding carboxylic acids is 1. The number of rotatable bonds is 2. The molecule has 0 spiro atoms. The summed E-state index contributed by atoms with van der Waals surface area (Å²) < 4.78 is 0. The minimum absolute atomic E-state index is 0.102. The van der Waals surface area contributed by atoms with Crippen LogP contribution in [0.4, 0.5) is 11.4 Å². The summed E-state index contributed by atoms with van der Waals surface area (Å²) in [6.45, 7) is 6.71. The summed E-state index contributed by atoms with van der Waals surface area (Å²) in [4.78, 5) is 20.6. The first-order valence-corrected chi connectivity index (χ1v) is 10.3. The fourth-order valence-electron chi connectivity index (χ4n) is 5.89. The number of aryl methyl sites for hydroxylation is 2. The number of carbonyl (C=O) groups is 1. The average molecular weight is 374 g/mol. The van der Waals surface area contributed by atoms with E-state index in [1.807, 2.05) is 19.2 Å². The number of aromatic nitrogens is 2. The predicted octanol–water partition coefficient (Wildman–Crippen LogP) is 5.05. The molecule has 1 aromatic heterocycles. The maximum absolute atomic E-state index is 12.2. The van der Waals surface area contributed by atoms with Gasteiger partial charge in [0.1, 0.15) is 6.33 Å². The third-order valence-electron chi connectivity index (χ3n) is 7.53. The summed E-state index contributed by atoms with van der Waals surface area (Å²) in [5.41, 5.74) is 7.56. The lowest BCUT2D eigenvalue weighted by Crippen LogP contribution is -2.45. The number of allylic oxidation sites excluding steroid dienone is 2. The summed E-state index contributed by atoms with van der Waals surface area (Å²) >= 11 is 0. The van der Waals surface area contributed by atoms with Crippen molar-refractivity contribution in [1.82, 2.24) is 9.97 Å². The molecule has 1 N–H and O–H groups in total. The van der Waals surface area contributed by atoms with Crippen molar-refractivity contribution in [2.45, 2.75) is 58.3 Å². The zero-order valence-electron chi connectivity index (χ0n) is 16.9. The average Bonchev–Trinajstić information content (AvgIpc) is 2.97. The van der Waals surface area contributed by atoms with E-state index in [9.17, 15) is 4.79 Å². The smallest absolute Gasteiger partial charge is 0.156 e. The Bertz CT molecular complexity index is 1010. The first-order valence-electron chi connectivity index (χ1n) is 10.3. The first-order chi connectivity index (χ1) is 13.4. The molecule has 1 saturated carbocycles. The summed E-state index contributed by atoms with van der Waals surface area (Å²) in [6, 6.07) is 6.79. The van der Waals surface area contributed by atoms with E-state index in [-0.39, 0.29) is 10.8 Å². The summed E-state index contributed by atoms with van der Waals surface area (Å²) in [6.07, 6.45) is 10.6. The van der Waals surface area contributed by atoms with Gasteiger partial charge in [0, 0.05) is 12.1 Å². The largest absolute Gasteiger partial charge is 0.353 e. The molecule has 4 heteroatoms. The Labute approximate surface area is 166 Å². The maximum Gasteiger partial charge on any atom is 0.156 e. The van der Waals surface area contributed by atoms with Crippen LogP contribution in [0.2, 0.25) is 0 Å². The topological polar surface area (TPSA) is 54.9 Å². The molecular weight excluding hydrogens is 346 g/mol. The Kier molecular flexibility index (Phi) is 3.77. The van der Waals surface area contributed by atoms with Gasteiger partial charge in [0.15, 0.2) is 5.78 Å². The third-order valence-corrected chi connectivity index (χ3v) is 7.53. The Morgan fingerprint density at radius 3 is 2.89 bits per heavy atom. The highest BCUT2D eigenvalue weighted by Gasteiger charge is 2.53. The van der Waals surface area contributed by atoms with E-state index in [0.29, 0.717) is 18.1 Å². The van der Waals surface area contributed by atoms with E-state index in [4.69, 9.17) is 0 Å². The highest BCUT2D eigenvalue weighted by molar-refractivity contribution is 5.94. The molecule has 0 bridgehead atoms. The van der Waals surface area contributed by atoms with Gasteiger partial charge in [-0.25, -0.2) is 9.97 Å². The van der Waals surface area contributed by atoms with E-state index < -0.39 is 0 Å². The number of hydrogen-bond acceptors (Lipinski definition) is 4. The SMILES string of the molecule is Cc1ncncc1Nc1ccc2c(c1)CC[C@@H]1C3=CC(=O)C[C@]3(C)CC[C@@]21C. The van der Waals surface area contributed by atoms with Crippen LogP contribution in [0, 0.1) is 18.3 Å². The zero-order chi connectivity index (χ0) is 19.5. The Balaban J connectivity index is 1.50. The van der Waals surface area contributed by atoms with Crippen molar-refractivity contribution in [2.75, 3.05) is 5.32 Å². The highest BCUT2D eigenvalue weighted by atomic mass is 16.1. The molecule has 0 radical (unpaired) electrons. The lowest BCUT2D eigenvalue weighted by molar-refractivity contribution is -0.115. The zero-order valence-corrected chi connectivity index (χ0v) is 16.9. The standard InChI is InChI=1S/C24H27N3O/c1-15-22(13-25-14-26-15)27-17-5-7-19-16(10-17)4-6-20-21-11-18(28)12-23(21,2)8-9-24(19,20)3/h5,7,10-11,13-14,20,27H,4,6,8-9,12H2,1-3H3/t20-,23+,24+/m1/s1. The van der Waals surface area contributed by atoms with Crippen molar-refractivity contribution in [3.05, 3.63) is 59.2 Å². The van der Waals surface area contributed by atoms with Gasteiger partial charge in [-0.05, 0) is 78.7 Å². The normalized spacial score (nSPS) is 30.9. The van der Waals surface area contributed by atoms with Crippen molar-refractivity contribution >= 4 is 17.2 Å². The monoisotopic (exact) mass is 373 g/mol. The number of hydrogen-bond donors (Lipinski definition) is 1. The van der Waals surface area contributed by atoms with Gasteiger partial charge in [-0.2, -0.15) is 0 Å². The molecule has 144 valence electrons. The van der Waals surface area contributed by atoms with Gasteiger partial charge >= 0.3 is 0 Å². The van der Waals surface area contributed by atoms with Crippen LogP contribution in [-0.2, 0) is 16.6 Å². The molecule has 28 heavy (non-hydrogen) atoms. The molecular formula is C24H27N3O. The number of ketones is 1. The highest BCUT2D eigenvalue weighted by Crippen LogP contribution is 2.60. The maximum atomic E-state index is 12.2. The van der Waals surface area contributed by atoms with Crippen LogP contribution >= 0.6 is 0 Å². The van der Waals surface area contributed by atoms with Crippen molar-refractivity contribution in [3.63, 3.8) is 0 Å². The van der Waals surface area contributed by atoms with Crippen molar-refractivity contribution in [1.29, 1.82) is 0 Å². The molecule has 3 aliphatic carbocycles. The predicted molar refractivity (Wildman–Crippen MR) is 111 cm³/mol. The first kappa shape index (κ1) is 17.6. The molecule has 2 aromatic rings. The van der Waals surface area contributed by atoms with Crippen LogP contribution < -0.4 is 5.32 Å². The molecule has 0 saturated heterocycles. The molecule has 3 aliphatic rings. The summed E-state index contributed by atoms with van der Waals surface area (Å²) in [5.74, 6) is 0.821. The number of benzene rings is 1. The second-order valence-electron chi connectivity index (χ2n) is 9.33. The van der Waals surface area contributed by atoms with E-state index >= 15 is 0 Å². The fraction of sp³-hybridized carbons (Fsp3) is 0.458. The van der Waals surface area contributed by atoms with Gasteiger partial charge in [-0.3, -0.25) is 4.79 Å². The van der Waals surface area contributed by atoms with Crippen LogP contribution in [-0.4, -0.2) is 15.8 Å². The second-order valence-corrected chi connectivity index (χ2v) is 9.33. The van der Waals surface area contributed by atoms with Crippen LogP contribution in [0.5, 0.6) is 0 Å². The minimum atomic E-state index is 0.102. The summed E-state index contributed by atoms with van der Waals surface area (Å²) in [5, 5.41) is 3.47. The minimum Gasteiger partial charge on any atom is -0.353 e. The van der Waals surface area contributed by atoms with E-state index in [1.165, 1.54) is 16.7 Å². The number of fused-ring (bicyclic) bond motifs is 5. The van der Waals surface area contributed by atoms with Crippen LogP contribution in [0.1, 0.15) is 56.4 Å². The van der Waals surface area contributed by atoms with E-state index in [0.717, 1.165) is 42.8 Å². The molecule has 0 aliphatic heterocycles. The Morgan fingerprint density at radius 2 is 2.07 bits per heavy atom. The molecule has 1 heterocycles. The Morgan fingerprint density at radius 1 is 1.21 bits per heavy atom. The van der Waals surface area contributed by atoms with E-state index in [2.05, 4.69) is 47.3 Å². The van der Waals surface area contributed by atoms with Gasteiger partial charge in [0.2, 0.25) is 0 Å². The van der Waals surface area contributed by atoms with Crippen LogP contribution in [0.15, 0.2) is 42.4 Å². The molecule has 5 rings (SSSR count). The van der Waals surface area contributed by atoms with Gasteiger partial charge in [-0.15, -0.1) is 0 Å². The van der Waals surface area contributed by atoms with Gasteiger partial charge in [0.25, 0.3) is 0 Å². The van der Waals surface area contributed by atoms with Crippen molar-refractivity contribution in [2.24, 2.45) is 11.3 Å². The number of nitrogens with zero attached hydrogens (tertiary/aromatic N) is 2. The molecule has 0 unspecified atom stereocenters. The van der Waals surface area contributed by atoms with E-state index in [1.54, 1.807) is 6.33 Å². The Hall–Kier alpha value is -2.49. The van der Waals surface area contributed by atoms with Crippen LogP contribution in [0.3, 0.4) is 0 Å². The van der Waals surface area contributed by atoms with Crippen LogP contribution in [0.25, 0.3) is 0 Å². The molecule has 1 aromatic carbocycles. The van der Waals surface area contributed by atoms with Gasteiger partial charge < -0.3 is 5.32 Å². The second kappa shape index (κ2) is 6.00. The summed E-state index contributed by atoms with van der Waals surface area (Å²) in [7, 11) is 0. The van der Waals surface area contributed by atoms with Gasteiger partial charge in [-0.1, -0.05) is 25.5 Å². The number of nitrogens with one attached hydrogen (secondary N) is 1. The lowest BCUT2D eigenvalue weighted by Gasteiger charge is -2.52. The quantitative estimate of drug-likeness (QED) is 0.800. The number of anilines is 2. The molecule has 0 amide bonds.